The molecule has 0 heterocycles. The van der Waals surface area contributed by atoms with Gasteiger partial charge in [0.15, 0.2) is 5.75 Å². The molecular weight excluding hydrogens is 323 g/mol. The Balaban J connectivity index is 2.20. The first kappa shape index (κ1) is 16.4. The molecule has 5 heteroatoms. The second-order valence-electron chi connectivity index (χ2n) is 4.72. The molecule has 0 aromatic heterocycles. The Hall–Kier alpha value is -1.97. The summed E-state index contributed by atoms with van der Waals surface area (Å²) in [5.74, 6) is -0.603. The van der Waals surface area contributed by atoms with Crippen molar-refractivity contribution < 1.29 is 14.6 Å². The average molecular weight is 337 g/mol. The maximum atomic E-state index is 10.8. The maximum absolute atomic E-state index is 10.8. The third kappa shape index (κ3) is 4.26. The van der Waals surface area contributed by atoms with Crippen molar-refractivity contribution in [3.8, 4) is 5.75 Å². The van der Waals surface area contributed by atoms with Gasteiger partial charge in [-0.25, -0.2) is 4.79 Å². The number of hydrogen-bond acceptors (Lipinski definition) is 2. The Labute approximate surface area is 138 Å². The Kier molecular flexibility index (Phi) is 5.47. The lowest BCUT2D eigenvalue weighted by Crippen LogP contribution is -1.98. The van der Waals surface area contributed by atoms with Gasteiger partial charge in [-0.15, -0.1) is 0 Å². The highest BCUT2D eigenvalue weighted by Gasteiger charge is 2.10. The molecule has 0 unspecified atom stereocenters. The summed E-state index contributed by atoms with van der Waals surface area (Å²) in [6.45, 7) is 1.85. The molecule has 114 valence electrons. The van der Waals surface area contributed by atoms with Crippen LogP contribution in [-0.4, -0.2) is 11.1 Å². The van der Waals surface area contributed by atoms with Gasteiger partial charge in [-0.2, -0.15) is 0 Å². The van der Waals surface area contributed by atoms with E-state index in [0.717, 1.165) is 5.56 Å². The van der Waals surface area contributed by atoms with Crippen molar-refractivity contribution in [1.82, 2.24) is 0 Å². The van der Waals surface area contributed by atoms with Crippen LogP contribution < -0.4 is 4.74 Å². The number of ether oxygens (including phenoxy) is 1. The minimum absolute atomic E-state index is 0.199. The molecule has 2 aromatic carbocycles. The van der Waals surface area contributed by atoms with Crippen LogP contribution in [0.3, 0.4) is 0 Å². The first-order chi connectivity index (χ1) is 10.5. The van der Waals surface area contributed by atoms with Crippen molar-refractivity contribution in [2.45, 2.75) is 13.5 Å². The monoisotopic (exact) mass is 336 g/mol. The van der Waals surface area contributed by atoms with E-state index in [0.29, 0.717) is 28.0 Å². The Morgan fingerprint density at radius 2 is 1.77 bits per heavy atom. The van der Waals surface area contributed by atoms with Crippen molar-refractivity contribution >= 4 is 35.2 Å². The lowest BCUT2D eigenvalue weighted by molar-refractivity contribution is -0.132. The molecule has 0 aliphatic heterocycles. The van der Waals surface area contributed by atoms with Gasteiger partial charge in [0.05, 0.1) is 10.0 Å². The highest BCUT2D eigenvalue weighted by atomic mass is 35.5. The van der Waals surface area contributed by atoms with Gasteiger partial charge in [0.25, 0.3) is 0 Å². The van der Waals surface area contributed by atoms with Crippen molar-refractivity contribution in [3.05, 3.63) is 69.2 Å². The van der Waals surface area contributed by atoms with Gasteiger partial charge < -0.3 is 9.84 Å². The topological polar surface area (TPSA) is 46.5 Å². The third-order valence-electron chi connectivity index (χ3n) is 2.97. The van der Waals surface area contributed by atoms with E-state index in [9.17, 15) is 4.79 Å². The van der Waals surface area contributed by atoms with Crippen LogP contribution in [0.25, 0.3) is 6.08 Å². The highest BCUT2D eigenvalue weighted by molar-refractivity contribution is 6.37. The van der Waals surface area contributed by atoms with Crippen molar-refractivity contribution in [1.29, 1.82) is 0 Å². The smallest absolute Gasteiger partial charge is 0.331 e. The molecule has 0 radical (unpaired) electrons. The molecule has 0 fully saturated rings. The lowest BCUT2D eigenvalue weighted by Gasteiger charge is -2.11. The molecule has 0 spiro atoms. The fraction of sp³-hybridized carbons (Fsp3) is 0.118. The number of rotatable bonds is 5. The van der Waals surface area contributed by atoms with E-state index >= 15 is 0 Å². The van der Waals surface area contributed by atoms with Gasteiger partial charge in [0, 0.05) is 5.57 Å². The number of hydrogen-bond donors (Lipinski definition) is 1. The standard InChI is InChI=1S/C17H14Cl2O3/c1-11(17(20)21)7-13-8-14(18)16(15(19)9-13)22-10-12-5-3-2-4-6-12/h2-9H,10H2,1H3,(H,20,21)/b11-7+. The Morgan fingerprint density at radius 1 is 1.18 bits per heavy atom. The number of carboxylic acid groups (broad SMARTS) is 1. The molecule has 0 saturated carbocycles. The fourth-order valence-corrected chi connectivity index (χ4v) is 2.46. The van der Waals surface area contributed by atoms with Crippen LogP contribution in [0.5, 0.6) is 5.75 Å². The second-order valence-corrected chi connectivity index (χ2v) is 5.53. The molecule has 0 bridgehead atoms. The van der Waals surface area contributed by atoms with E-state index in [1.807, 2.05) is 30.3 Å². The minimum atomic E-state index is -0.989. The number of benzene rings is 2. The number of carbonyl (C=O) groups is 1. The first-order valence-electron chi connectivity index (χ1n) is 6.54. The van der Waals surface area contributed by atoms with Crippen LogP contribution in [-0.2, 0) is 11.4 Å². The van der Waals surface area contributed by atoms with Crippen molar-refractivity contribution in [2.75, 3.05) is 0 Å². The summed E-state index contributed by atoms with van der Waals surface area (Å²) in [5.41, 5.74) is 1.81. The normalized spacial score (nSPS) is 11.3. The molecule has 0 atom stereocenters. The van der Waals surface area contributed by atoms with Crippen molar-refractivity contribution in [2.24, 2.45) is 0 Å². The Bertz CT molecular complexity index is 686. The minimum Gasteiger partial charge on any atom is -0.486 e. The molecule has 0 saturated heterocycles. The van der Waals surface area contributed by atoms with E-state index in [1.54, 1.807) is 12.1 Å². The van der Waals surface area contributed by atoms with Gasteiger partial charge in [0.2, 0.25) is 0 Å². The van der Waals surface area contributed by atoms with Gasteiger partial charge in [0.1, 0.15) is 6.61 Å². The first-order valence-corrected chi connectivity index (χ1v) is 7.30. The largest absolute Gasteiger partial charge is 0.486 e. The summed E-state index contributed by atoms with van der Waals surface area (Å²) in [6.07, 6.45) is 1.50. The molecule has 0 amide bonds. The van der Waals surface area contributed by atoms with Crippen LogP contribution in [0.2, 0.25) is 10.0 Å². The molecule has 0 aliphatic carbocycles. The quantitative estimate of drug-likeness (QED) is 0.776. The number of aliphatic carboxylic acids is 1. The SMILES string of the molecule is C/C(=C\c1cc(Cl)c(OCc2ccccc2)c(Cl)c1)C(=O)O. The molecule has 2 aromatic rings. The summed E-state index contributed by atoms with van der Waals surface area (Å²) in [4.78, 5) is 10.8. The number of carboxylic acids is 1. The molecule has 22 heavy (non-hydrogen) atoms. The summed E-state index contributed by atoms with van der Waals surface area (Å²) in [7, 11) is 0. The van der Waals surface area contributed by atoms with E-state index in [2.05, 4.69) is 0 Å². The van der Waals surface area contributed by atoms with E-state index in [-0.39, 0.29) is 5.57 Å². The predicted molar refractivity (Wildman–Crippen MR) is 88.5 cm³/mol. The summed E-state index contributed by atoms with van der Waals surface area (Å²) >= 11 is 12.4. The zero-order valence-electron chi connectivity index (χ0n) is 11.8. The molecule has 3 nitrogen and oxygen atoms in total. The van der Waals surface area contributed by atoms with Gasteiger partial charge in [-0.3, -0.25) is 0 Å². The summed E-state index contributed by atoms with van der Waals surface area (Å²) in [6, 6.07) is 12.9. The molecule has 0 aliphatic rings. The van der Waals surface area contributed by atoms with E-state index in [4.69, 9.17) is 33.0 Å². The van der Waals surface area contributed by atoms with Crippen LogP contribution >= 0.6 is 23.2 Å². The van der Waals surface area contributed by atoms with Crippen LogP contribution in [0.4, 0.5) is 0 Å². The molecule has 1 N–H and O–H groups in total. The molecule has 2 rings (SSSR count). The van der Waals surface area contributed by atoms with Crippen molar-refractivity contribution in [3.63, 3.8) is 0 Å². The Morgan fingerprint density at radius 3 is 2.32 bits per heavy atom. The van der Waals surface area contributed by atoms with Gasteiger partial charge in [-0.05, 0) is 36.3 Å². The fourth-order valence-electron chi connectivity index (χ4n) is 1.84. The number of halogens is 2. The average Bonchev–Trinajstić information content (AvgIpc) is 2.47. The van der Waals surface area contributed by atoms with E-state index < -0.39 is 5.97 Å². The molecular formula is C17H14Cl2O3. The van der Waals surface area contributed by atoms with Crippen LogP contribution in [0.15, 0.2) is 48.0 Å². The van der Waals surface area contributed by atoms with E-state index in [1.165, 1.54) is 13.0 Å². The lowest BCUT2D eigenvalue weighted by atomic mass is 10.1. The van der Waals surface area contributed by atoms with Gasteiger partial charge in [-0.1, -0.05) is 53.5 Å². The second kappa shape index (κ2) is 7.34. The third-order valence-corrected chi connectivity index (χ3v) is 3.53. The zero-order chi connectivity index (χ0) is 16.1. The van der Waals surface area contributed by atoms with Gasteiger partial charge >= 0.3 is 5.97 Å². The summed E-state index contributed by atoms with van der Waals surface area (Å²) < 4.78 is 5.66. The predicted octanol–water partition coefficient (Wildman–Crippen LogP) is 5.06. The zero-order valence-corrected chi connectivity index (χ0v) is 13.4. The maximum Gasteiger partial charge on any atom is 0.331 e. The van der Waals surface area contributed by atoms with Crippen LogP contribution in [0.1, 0.15) is 18.1 Å². The van der Waals surface area contributed by atoms with Crippen LogP contribution in [0, 0.1) is 0 Å². The summed E-state index contributed by atoms with van der Waals surface area (Å²) in [5, 5.41) is 9.57. The highest BCUT2D eigenvalue weighted by Crippen LogP contribution is 2.35.